The summed E-state index contributed by atoms with van der Waals surface area (Å²) in [6.45, 7) is 4.93. The number of hydrogen-bond donors (Lipinski definition) is 1. The van der Waals surface area contributed by atoms with Crippen LogP contribution in [-0.2, 0) is 0 Å². The largest absolute Gasteiger partial charge is 0.369 e. The lowest BCUT2D eigenvalue weighted by Crippen LogP contribution is -2.37. The first-order valence-electron chi connectivity index (χ1n) is 8.89. The number of nitro groups is 1. The van der Waals surface area contributed by atoms with Crippen LogP contribution >= 0.6 is 0 Å². The van der Waals surface area contributed by atoms with Gasteiger partial charge >= 0.3 is 0 Å². The van der Waals surface area contributed by atoms with Crippen LogP contribution < -0.4 is 10.2 Å². The number of benzene rings is 2. The molecule has 1 heterocycles. The third kappa shape index (κ3) is 3.85. The number of anilines is 2. The molecule has 1 unspecified atom stereocenters. The van der Waals surface area contributed by atoms with Gasteiger partial charge in [0.25, 0.3) is 11.6 Å². The number of carbonyl (C=O) groups excluding carboxylic acids is 1. The zero-order valence-corrected chi connectivity index (χ0v) is 15.1. The monoisotopic (exact) mass is 353 g/mol. The van der Waals surface area contributed by atoms with E-state index in [1.807, 2.05) is 24.3 Å². The Bertz CT molecular complexity index is 818. The Morgan fingerprint density at radius 3 is 2.54 bits per heavy atom. The molecule has 6 heteroatoms. The van der Waals surface area contributed by atoms with Crippen molar-refractivity contribution in [3.63, 3.8) is 0 Å². The smallest absolute Gasteiger partial charge is 0.272 e. The standard InChI is InChI=1S/C20H23N3O3/c1-14-13-16(6-11-19(14)23(25)26)20(24)21-17-7-9-18(10-8-17)22-12-4-3-5-15(22)2/h6-11,13,15H,3-5,12H2,1-2H3,(H,21,24). The van der Waals surface area contributed by atoms with Crippen molar-refractivity contribution in [2.24, 2.45) is 0 Å². The van der Waals surface area contributed by atoms with E-state index in [1.54, 1.807) is 6.92 Å². The van der Waals surface area contributed by atoms with Crippen LogP contribution in [-0.4, -0.2) is 23.4 Å². The van der Waals surface area contributed by atoms with Crippen LogP contribution in [0.5, 0.6) is 0 Å². The first-order chi connectivity index (χ1) is 12.5. The van der Waals surface area contributed by atoms with Gasteiger partial charge in [0.1, 0.15) is 0 Å². The Kier molecular flexibility index (Phi) is 5.21. The molecular formula is C20H23N3O3. The number of carbonyl (C=O) groups is 1. The lowest BCUT2D eigenvalue weighted by molar-refractivity contribution is -0.385. The number of nitrogens with one attached hydrogen (secondary N) is 1. The van der Waals surface area contributed by atoms with Crippen LogP contribution in [0, 0.1) is 17.0 Å². The summed E-state index contributed by atoms with van der Waals surface area (Å²) >= 11 is 0. The summed E-state index contributed by atoms with van der Waals surface area (Å²) in [6, 6.07) is 12.8. The fourth-order valence-electron chi connectivity index (χ4n) is 3.42. The normalized spacial score (nSPS) is 17.0. The first-order valence-corrected chi connectivity index (χ1v) is 8.89. The number of nitro benzene ring substituents is 1. The van der Waals surface area contributed by atoms with Crippen LogP contribution in [0.1, 0.15) is 42.1 Å². The van der Waals surface area contributed by atoms with Crippen molar-refractivity contribution >= 4 is 23.0 Å². The molecule has 0 saturated carbocycles. The molecule has 1 saturated heterocycles. The van der Waals surface area contributed by atoms with E-state index in [4.69, 9.17) is 0 Å². The molecule has 3 rings (SSSR count). The molecule has 1 aliphatic heterocycles. The molecule has 2 aromatic rings. The molecular weight excluding hydrogens is 330 g/mol. The van der Waals surface area contributed by atoms with Gasteiger partial charge in [-0.2, -0.15) is 0 Å². The summed E-state index contributed by atoms with van der Waals surface area (Å²) in [5, 5.41) is 13.7. The second-order valence-electron chi connectivity index (χ2n) is 6.80. The van der Waals surface area contributed by atoms with Crippen molar-refractivity contribution in [1.82, 2.24) is 0 Å². The molecule has 6 nitrogen and oxygen atoms in total. The minimum absolute atomic E-state index is 0.0153. The molecule has 136 valence electrons. The highest BCUT2D eigenvalue weighted by Crippen LogP contribution is 2.26. The number of rotatable bonds is 4. The zero-order chi connectivity index (χ0) is 18.7. The predicted molar refractivity (Wildman–Crippen MR) is 103 cm³/mol. The SMILES string of the molecule is Cc1cc(C(=O)Nc2ccc(N3CCCCC3C)cc2)ccc1[N+](=O)[O-]. The van der Waals surface area contributed by atoms with Crippen molar-refractivity contribution in [1.29, 1.82) is 0 Å². The highest BCUT2D eigenvalue weighted by Gasteiger charge is 2.18. The molecule has 0 spiro atoms. The molecule has 26 heavy (non-hydrogen) atoms. The molecule has 0 radical (unpaired) electrons. The van der Waals surface area contributed by atoms with Crippen molar-refractivity contribution < 1.29 is 9.72 Å². The molecule has 0 bridgehead atoms. The quantitative estimate of drug-likeness (QED) is 0.647. The third-order valence-corrected chi connectivity index (χ3v) is 4.92. The average Bonchev–Trinajstić information content (AvgIpc) is 2.62. The van der Waals surface area contributed by atoms with E-state index in [9.17, 15) is 14.9 Å². The molecule has 1 amide bonds. The number of amides is 1. The summed E-state index contributed by atoms with van der Waals surface area (Å²) < 4.78 is 0. The molecule has 0 aromatic heterocycles. The highest BCUT2D eigenvalue weighted by molar-refractivity contribution is 6.04. The van der Waals surface area contributed by atoms with E-state index in [0.29, 0.717) is 22.9 Å². The topological polar surface area (TPSA) is 75.5 Å². The van der Waals surface area contributed by atoms with E-state index in [-0.39, 0.29) is 11.6 Å². The van der Waals surface area contributed by atoms with Crippen LogP contribution in [0.4, 0.5) is 17.1 Å². The minimum Gasteiger partial charge on any atom is -0.369 e. The van der Waals surface area contributed by atoms with Gasteiger partial charge in [-0.25, -0.2) is 0 Å². The Morgan fingerprint density at radius 1 is 1.19 bits per heavy atom. The van der Waals surface area contributed by atoms with Crippen LogP contribution in [0.3, 0.4) is 0 Å². The summed E-state index contributed by atoms with van der Waals surface area (Å²) in [7, 11) is 0. The maximum absolute atomic E-state index is 12.4. The maximum Gasteiger partial charge on any atom is 0.272 e. The Morgan fingerprint density at radius 2 is 1.92 bits per heavy atom. The van der Waals surface area contributed by atoms with Crippen LogP contribution in [0.2, 0.25) is 0 Å². The van der Waals surface area contributed by atoms with Gasteiger partial charge in [-0.15, -0.1) is 0 Å². The second kappa shape index (κ2) is 7.56. The summed E-state index contributed by atoms with van der Waals surface area (Å²) in [4.78, 5) is 25.2. The minimum atomic E-state index is -0.447. The number of hydrogen-bond acceptors (Lipinski definition) is 4. The van der Waals surface area contributed by atoms with Gasteiger partial charge in [0.15, 0.2) is 0 Å². The Balaban J connectivity index is 1.70. The predicted octanol–water partition coefficient (Wildman–Crippen LogP) is 4.53. The van der Waals surface area contributed by atoms with Gasteiger partial charge in [-0.05, 0) is 69.5 Å². The fraction of sp³-hybridized carbons (Fsp3) is 0.350. The lowest BCUT2D eigenvalue weighted by atomic mass is 10.0. The van der Waals surface area contributed by atoms with E-state index < -0.39 is 4.92 Å². The Hall–Kier alpha value is -2.89. The summed E-state index contributed by atoms with van der Waals surface area (Å²) in [5.41, 5.74) is 2.77. The van der Waals surface area contributed by atoms with Gasteiger partial charge in [-0.3, -0.25) is 14.9 Å². The van der Waals surface area contributed by atoms with Crippen molar-refractivity contribution in [3.8, 4) is 0 Å². The number of aryl methyl sites for hydroxylation is 1. The highest BCUT2D eigenvalue weighted by atomic mass is 16.6. The van der Waals surface area contributed by atoms with E-state index >= 15 is 0 Å². The number of nitrogens with zero attached hydrogens (tertiary/aromatic N) is 2. The Labute approximate surface area is 153 Å². The molecule has 2 aromatic carbocycles. The number of piperidine rings is 1. The molecule has 1 atom stereocenters. The van der Waals surface area contributed by atoms with Gasteiger partial charge in [0.05, 0.1) is 4.92 Å². The fourth-order valence-corrected chi connectivity index (χ4v) is 3.42. The van der Waals surface area contributed by atoms with Crippen molar-refractivity contribution in [2.45, 2.75) is 39.2 Å². The van der Waals surface area contributed by atoms with Crippen molar-refractivity contribution in [3.05, 3.63) is 63.7 Å². The lowest BCUT2D eigenvalue weighted by Gasteiger charge is -2.35. The van der Waals surface area contributed by atoms with E-state index in [1.165, 1.54) is 43.1 Å². The average molecular weight is 353 g/mol. The molecule has 1 aliphatic rings. The first kappa shape index (κ1) is 17.9. The maximum atomic E-state index is 12.4. The molecule has 1 fully saturated rings. The molecule has 1 N–H and O–H groups in total. The molecule has 0 aliphatic carbocycles. The van der Waals surface area contributed by atoms with Gasteiger partial charge < -0.3 is 10.2 Å². The van der Waals surface area contributed by atoms with Gasteiger partial charge in [0.2, 0.25) is 0 Å². The van der Waals surface area contributed by atoms with Crippen molar-refractivity contribution in [2.75, 3.05) is 16.8 Å². The van der Waals surface area contributed by atoms with Crippen LogP contribution in [0.25, 0.3) is 0 Å². The zero-order valence-electron chi connectivity index (χ0n) is 15.1. The van der Waals surface area contributed by atoms with Gasteiger partial charge in [0, 0.05) is 41.2 Å². The summed E-state index contributed by atoms with van der Waals surface area (Å²) in [6.07, 6.45) is 3.70. The summed E-state index contributed by atoms with van der Waals surface area (Å²) in [5.74, 6) is -0.276. The second-order valence-corrected chi connectivity index (χ2v) is 6.80. The third-order valence-electron chi connectivity index (χ3n) is 4.92. The van der Waals surface area contributed by atoms with Crippen LogP contribution in [0.15, 0.2) is 42.5 Å². The van der Waals surface area contributed by atoms with Gasteiger partial charge in [-0.1, -0.05) is 0 Å². The van der Waals surface area contributed by atoms with E-state index in [2.05, 4.69) is 17.1 Å². The van der Waals surface area contributed by atoms with E-state index in [0.717, 1.165) is 6.54 Å².